The molecule has 0 atom stereocenters. The van der Waals surface area contributed by atoms with E-state index in [9.17, 15) is 9.59 Å². The number of alkyl halides is 1. The first-order valence-electron chi connectivity index (χ1n) is 5.38. The van der Waals surface area contributed by atoms with E-state index in [2.05, 4.69) is 10.3 Å². The SMILES string of the molecule is Cc1ccc2nc(C)c(NC(=O)CCl)c(=O)n2c1. The van der Waals surface area contributed by atoms with Crippen LogP contribution in [-0.4, -0.2) is 21.2 Å². The lowest BCUT2D eigenvalue weighted by molar-refractivity contribution is -0.113. The Hall–Kier alpha value is -1.88. The summed E-state index contributed by atoms with van der Waals surface area (Å²) in [6, 6.07) is 3.63. The molecule has 2 rings (SSSR count). The molecule has 0 bridgehead atoms. The van der Waals surface area contributed by atoms with Crippen molar-refractivity contribution in [2.24, 2.45) is 0 Å². The molecule has 2 aromatic heterocycles. The van der Waals surface area contributed by atoms with Crippen molar-refractivity contribution < 1.29 is 4.79 Å². The van der Waals surface area contributed by atoms with E-state index in [1.807, 2.05) is 13.0 Å². The van der Waals surface area contributed by atoms with Crippen LogP contribution in [0.15, 0.2) is 23.1 Å². The van der Waals surface area contributed by atoms with Gasteiger partial charge in [0.05, 0.1) is 5.69 Å². The number of fused-ring (bicyclic) bond motifs is 1. The van der Waals surface area contributed by atoms with Gasteiger partial charge in [0.25, 0.3) is 5.56 Å². The van der Waals surface area contributed by atoms with Crippen molar-refractivity contribution in [3.05, 3.63) is 39.9 Å². The Labute approximate surface area is 108 Å². The Morgan fingerprint density at radius 2 is 2.17 bits per heavy atom. The predicted molar refractivity (Wildman–Crippen MR) is 70.3 cm³/mol. The van der Waals surface area contributed by atoms with Crippen LogP contribution in [0.3, 0.4) is 0 Å². The number of anilines is 1. The van der Waals surface area contributed by atoms with Crippen LogP contribution in [0, 0.1) is 13.8 Å². The lowest BCUT2D eigenvalue weighted by Crippen LogP contribution is -2.25. The maximum atomic E-state index is 12.2. The molecule has 94 valence electrons. The van der Waals surface area contributed by atoms with Crippen molar-refractivity contribution in [2.75, 3.05) is 11.2 Å². The lowest BCUT2D eigenvalue weighted by Gasteiger charge is -2.08. The van der Waals surface area contributed by atoms with E-state index in [-0.39, 0.29) is 17.1 Å². The van der Waals surface area contributed by atoms with Crippen molar-refractivity contribution in [1.29, 1.82) is 0 Å². The van der Waals surface area contributed by atoms with E-state index in [1.54, 1.807) is 19.2 Å². The number of pyridine rings is 1. The summed E-state index contributed by atoms with van der Waals surface area (Å²) in [7, 11) is 0. The second-order valence-electron chi connectivity index (χ2n) is 3.99. The van der Waals surface area contributed by atoms with Gasteiger partial charge in [0.1, 0.15) is 17.2 Å². The fourth-order valence-corrected chi connectivity index (χ4v) is 1.74. The lowest BCUT2D eigenvalue weighted by atomic mass is 10.3. The summed E-state index contributed by atoms with van der Waals surface area (Å²) in [5, 5.41) is 2.47. The molecule has 6 heteroatoms. The van der Waals surface area contributed by atoms with Gasteiger partial charge < -0.3 is 5.32 Å². The molecule has 0 aliphatic carbocycles. The standard InChI is InChI=1S/C12H12ClN3O2/c1-7-3-4-9-14-8(2)11(15-10(17)5-13)12(18)16(9)6-7/h3-4,6H,5H2,1-2H3,(H,15,17). The third-order valence-corrected chi connectivity index (χ3v) is 2.78. The van der Waals surface area contributed by atoms with Gasteiger partial charge >= 0.3 is 0 Å². The molecule has 18 heavy (non-hydrogen) atoms. The van der Waals surface area contributed by atoms with Gasteiger partial charge in [-0.1, -0.05) is 6.07 Å². The van der Waals surface area contributed by atoms with E-state index < -0.39 is 5.91 Å². The molecule has 0 aliphatic rings. The zero-order chi connectivity index (χ0) is 13.3. The van der Waals surface area contributed by atoms with Gasteiger partial charge in [-0.05, 0) is 25.5 Å². The maximum absolute atomic E-state index is 12.2. The van der Waals surface area contributed by atoms with Gasteiger partial charge in [-0.25, -0.2) is 4.98 Å². The number of aromatic nitrogens is 2. The van der Waals surface area contributed by atoms with E-state index in [1.165, 1.54) is 4.40 Å². The van der Waals surface area contributed by atoms with Gasteiger partial charge in [0, 0.05) is 6.20 Å². The van der Waals surface area contributed by atoms with Crippen LogP contribution in [0.1, 0.15) is 11.3 Å². The molecule has 0 aliphatic heterocycles. The number of carbonyl (C=O) groups is 1. The Morgan fingerprint density at radius 1 is 1.44 bits per heavy atom. The van der Waals surface area contributed by atoms with Crippen LogP contribution in [0.5, 0.6) is 0 Å². The van der Waals surface area contributed by atoms with Gasteiger partial charge in [-0.2, -0.15) is 0 Å². The average Bonchev–Trinajstić information content (AvgIpc) is 2.35. The molecular formula is C12H12ClN3O2. The van der Waals surface area contributed by atoms with E-state index in [0.29, 0.717) is 11.3 Å². The smallest absolute Gasteiger partial charge is 0.281 e. The molecular weight excluding hydrogens is 254 g/mol. The third-order valence-electron chi connectivity index (χ3n) is 2.54. The van der Waals surface area contributed by atoms with Crippen molar-refractivity contribution in [1.82, 2.24) is 9.38 Å². The molecule has 0 spiro atoms. The molecule has 1 amide bonds. The Bertz CT molecular complexity index is 679. The fourth-order valence-electron chi connectivity index (χ4n) is 1.67. The van der Waals surface area contributed by atoms with Gasteiger partial charge in [0.2, 0.25) is 5.91 Å². The fraction of sp³-hybridized carbons (Fsp3) is 0.250. The Kier molecular flexibility index (Phi) is 3.34. The molecule has 0 saturated carbocycles. The minimum absolute atomic E-state index is 0.170. The number of halogens is 1. The summed E-state index contributed by atoms with van der Waals surface area (Å²) < 4.78 is 1.41. The first-order chi connectivity index (χ1) is 8.52. The average molecular weight is 266 g/mol. The zero-order valence-corrected chi connectivity index (χ0v) is 10.8. The number of carbonyl (C=O) groups excluding carboxylic acids is 1. The first kappa shape index (κ1) is 12.6. The molecule has 2 aromatic rings. The highest BCUT2D eigenvalue weighted by Gasteiger charge is 2.11. The number of aryl methyl sites for hydroxylation is 2. The van der Waals surface area contributed by atoms with Crippen LogP contribution in [0.25, 0.3) is 5.65 Å². The van der Waals surface area contributed by atoms with Gasteiger partial charge in [-0.3, -0.25) is 14.0 Å². The third kappa shape index (κ3) is 2.22. The second-order valence-corrected chi connectivity index (χ2v) is 4.26. The summed E-state index contributed by atoms with van der Waals surface area (Å²) in [5.41, 5.74) is 1.82. The highest BCUT2D eigenvalue weighted by molar-refractivity contribution is 6.29. The van der Waals surface area contributed by atoms with Crippen molar-refractivity contribution in [3.8, 4) is 0 Å². The minimum atomic E-state index is -0.425. The van der Waals surface area contributed by atoms with Crippen LogP contribution in [0.2, 0.25) is 0 Å². The monoisotopic (exact) mass is 265 g/mol. The van der Waals surface area contributed by atoms with Gasteiger partial charge in [0.15, 0.2) is 0 Å². The molecule has 5 nitrogen and oxygen atoms in total. The molecule has 1 N–H and O–H groups in total. The van der Waals surface area contributed by atoms with Gasteiger partial charge in [-0.15, -0.1) is 11.6 Å². The molecule has 0 fully saturated rings. The summed E-state index contributed by atoms with van der Waals surface area (Å²) in [6.07, 6.45) is 1.68. The number of amides is 1. The number of nitrogens with one attached hydrogen (secondary N) is 1. The normalized spacial score (nSPS) is 10.6. The molecule has 2 heterocycles. The molecule has 0 aromatic carbocycles. The van der Waals surface area contributed by atoms with Crippen molar-refractivity contribution in [2.45, 2.75) is 13.8 Å². The maximum Gasteiger partial charge on any atom is 0.281 e. The minimum Gasteiger partial charge on any atom is -0.319 e. The number of hydrogen-bond donors (Lipinski definition) is 1. The van der Waals surface area contributed by atoms with Crippen molar-refractivity contribution in [3.63, 3.8) is 0 Å². The van der Waals surface area contributed by atoms with Crippen molar-refractivity contribution >= 4 is 28.8 Å². The quantitative estimate of drug-likeness (QED) is 0.837. The second kappa shape index (κ2) is 4.78. The first-order valence-corrected chi connectivity index (χ1v) is 5.92. The van der Waals surface area contributed by atoms with E-state index >= 15 is 0 Å². The van der Waals surface area contributed by atoms with Crippen LogP contribution >= 0.6 is 11.6 Å². The molecule has 0 saturated heterocycles. The van der Waals surface area contributed by atoms with E-state index in [0.717, 1.165) is 5.56 Å². The van der Waals surface area contributed by atoms with Crippen LogP contribution < -0.4 is 10.9 Å². The highest BCUT2D eigenvalue weighted by atomic mass is 35.5. The number of nitrogens with zero attached hydrogens (tertiary/aromatic N) is 2. The van der Waals surface area contributed by atoms with Crippen LogP contribution in [-0.2, 0) is 4.79 Å². The number of hydrogen-bond acceptors (Lipinski definition) is 3. The Morgan fingerprint density at radius 3 is 2.83 bits per heavy atom. The topological polar surface area (TPSA) is 63.5 Å². The zero-order valence-electron chi connectivity index (χ0n) is 10.0. The highest BCUT2D eigenvalue weighted by Crippen LogP contribution is 2.09. The summed E-state index contributed by atoms with van der Waals surface area (Å²) in [5.74, 6) is -0.624. The predicted octanol–water partition coefficient (Wildman–Crippen LogP) is 1.49. The molecule has 0 radical (unpaired) electrons. The summed E-state index contributed by atoms with van der Waals surface area (Å²) in [4.78, 5) is 27.8. The van der Waals surface area contributed by atoms with E-state index in [4.69, 9.17) is 11.6 Å². The summed E-state index contributed by atoms with van der Waals surface area (Å²) in [6.45, 7) is 3.55. The summed E-state index contributed by atoms with van der Waals surface area (Å²) >= 11 is 5.41. The van der Waals surface area contributed by atoms with Crippen LogP contribution in [0.4, 0.5) is 5.69 Å². The largest absolute Gasteiger partial charge is 0.319 e. The molecule has 0 unspecified atom stereocenters. The Balaban J connectivity index is 2.67. The number of rotatable bonds is 2.